The fourth-order valence-corrected chi connectivity index (χ4v) is 2.33. The second kappa shape index (κ2) is 7.57. The number of aryl methyl sites for hydroxylation is 1. The molecule has 0 aliphatic heterocycles. The van der Waals surface area contributed by atoms with Crippen LogP contribution < -0.4 is 5.32 Å². The van der Waals surface area contributed by atoms with Crippen molar-refractivity contribution in [3.8, 4) is 0 Å². The summed E-state index contributed by atoms with van der Waals surface area (Å²) < 4.78 is 38.4. The maximum absolute atomic E-state index is 12.8. The third-order valence-corrected chi connectivity index (χ3v) is 3.66. The zero-order chi connectivity index (χ0) is 19.5. The minimum Gasteiger partial charge on any atom is -0.317 e. The number of nitro groups is 1. The van der Waals surface area contributed by atoms with Gasteiger partial charge in [0.25, 0.3) is 5.69 Å². The first kappa shape index (κ1) is 19.5. The summed E-state index contributed by atoms with van der Waals surface area (Å²) in [5.41, 5.74) is -0.558. The first-order chi connectivity index (χ1) is 12.1. The molecule has 1 amide bonds. The quantitative estimate of drug-likeness (QED) is 0.446. The summed E-state index contributed by atoms with van der Waals surface area (Å²) in [5, 5.41) is 12.9. The van der Waals surface area contributed by atoms with Crippen molar-refractivity contribution in [1.82, 2.24) is 0 Å². The second-order valence-electron chi connectivity index (χ2n) is 5.34. The number of halogens is 4. The van der Waals surface area contributed by atoms with Crippen molar-refractivity contribution < 1.29 is 22.9 Å². The van der Waals surface area contributed by atoms with E-state index in [1.807, 2.05) is 0 Å². The van der Waals surface area contributed by atoms with Gasteiger partial charge in [-0.05, 0) is 42.3 Å². The molecule has 136 valence electrons. The Bertz CT molecular complexity index is 895. The average Bonchev–Trinajstić information content (AvgIpc) is 2.54. The van der Waals surface area contributed by atoms with Crippen molar-refractivity contribution >= 4 is 35.0 Å². The maximum atomic E-state index is 12.8. The molecule has 0 fully saturated rings. The third kappa shape index (κ3) is 4.82. The standard InChI is InChI=1S/C17H12ClF3N2O3/c1-10-2-6-14(15(8-10)23(25)26)22-16(24)7-4-11-3-5-13(18)12(9-11)17(19,20)21/h2-9H,1H3,(H,22,24)/b7-4+. The normalized spacial score (nSPS) is 11.6. The van der Waals surface area contributed by atoms with Gasteiger partial charge in [-0.2, -0.15) is 13.2 Å². The SMILES string of the molecule is Cc1ccc(NC(=O)/C=C/c2ccc(Cl)c(C(F)(F)F)c2)c([N+](=O)[O-])c1. The van der Waals surface area contributed by atoms with Gasteiger partial charge in [0.1, 0.15) is 5.69 Å². The summed E-state index contributed by atoms with van der Waals surface area (Å²) in [6.07, 6.45) is -2.49. The predicted octanol–water partition coefficient (Wildman–Crippen LogP) is 5.23. The molecule has 0 aliphatic rings. The highest BCUT2D eigenvalue weighted by molar-refractivity contribution is 6.31. The molecule has 0 aliphatic carbocycles. The van der Waals surface area contributed by atoms with Crippen molar-refractivity contribution in [3.63, 3.8) is 0 Å². The van der Waals surface area contributed by atoms with Crippen LogP contribution in [0, 0.1) is 17.0 Å². The van der Waals surface area contributed by atoms with Crippen LogP contribution in [0.2, 0.25) is 5.02 Å². The summed E-state index contributed by atoms with van der Waals surface area (Å²) in [6.45, 7) is 1.66. The van der Waals surface area contributed by atoms with Crippen molar-refractivity contribution in [1.29, 1.82) is 0 Å². The number of carbonyl (C=O) groups excluding carboxylic acids is 1. The minimum absolute atomic E-state index is 0.0117. The summed E-state index contributed by atoms with van der Waals surface area (Å²) in [5.74, 6) is -0.722. The monoisotopic (exact) mass is 384 g/mol. The number of nitrogens with zero attached hydrogens (tertiary/aromatic N) is 1. The third-order valence-electron chi connectivity index (χ3n) is 3.33. The smallest absolute Gasteiger partial charge is 0.317 e. The Labute approximate surface area is 151 Å². The summed E-state index contributed by atoms with van der Waals surface area (Å²) in [7, 11) is 0. The van der Waals surface area contributed by atoms with E-state index in [1.54, 1.807) is 13.0 Å². The Kier molecular flexibility index (Phi) is 5.66. The number of carbonyl (C=O) groups is 1. The maximum Gasteiger partial charge on any atom is 0.417 e. The topological polar surface area (TPSA) is 72.2 Å². The van der Waals surface area contributed by atoms with Gasteiger partial charge < -0.3 is 5.32 Å². The van der Waals surface area contributed by atoms with Crippen LogP contribution in [0.4, 0.5) is 24.5 Å². The zero-order valence-electron chi connectivity index (χ0n) is 13.3. The molecular formula is C17H12ClF3N2O3. The van der Waals surface area contributed by atoms with Crippen LogP contribution in [-0.4, -0.2) is 10.8 Å². The highest BCUT2D eigenvalue weighted by Gasteiger charge is 2.33. The number of amides is 1. The van der Waals surface area contributed by atoms with Gasteiger partial charge in [-0.25, -0.2) is 0 Å². The molecule has 0 saturated heterocycles. The van der Waals surface area contributed by atoms with Gasteiger partial charge in [-0.1, -0.05) is 23.7 Å². The number of benzene rings is 2. The fourth-order valence-electron chi connectivity index (χ4n) is 2.11. The molecule has 0 bridgehead atoms. The van der Waals surface area contributed by atoms with Gasteiger partial charge in [-0.15, -0.1) is 0 Å². The second-order valence-corrected chi connectivity index (χ2v) is 5.74. The van der Waals surface area contributed by atoms with E-state index in [4.69, 9.17) is 11.6 Å². The van der Waals surface area contributed by atoms with E-state index in [1.165, 1.54) is 18.2 Å². The van der Waals surface area contributed by atoms with Crippen LogP contribution in [0.25, 0.3) is 6.08 Å². The van der Waals surface area contributed by atoms with Crippen LogP contribution in [0.1, 0.15) is 16.7 Å². The summed E-state index contributed by atoms with van der Waals surface area (Å²) in [4.78, 5) is 22.3. The Morgan fingerprint density at radius 3 is 2.54 bits per heavy atom. The lowest BCUT2D eigenvalue weighted by Gasteiger charge is -2.09. The lowest BCUT2D eigenvalue weighted by Crippen LogP contribution is -2.10. The van der Waals surface area contributed by atoms with E-state index in [0.29, 0.717) is 5.56 Å². The molecule has 0 radical (unpaired) electrons. The van der Waals surface area contributed by atoms with Crippen LogP contribution in [0.5, 0.6) is 0 Å². The van der Waals surface area contributed by atoms with E-state index < -0.39 is 27.6 Å². The summed E-state index contributed by atoms with van der Waals surface area (Å²) in [6, 6.07) is 7.46. The molecule has 5 nitrogen and oxygen atoms in total. The van der Waals surface area contributed by atoms with E-state index in [0.717, 1.165) is 24.3 Å². The Balaban J connectivity index is 2.20. The predicted molar refractivity (Wildman–Crippen MR) is 92.0 cm³/mol. The minimum atomic E-state index is -4.62. The molecule has 1 N–H and O–H groups in total. The first-order valence-electron chi connectivity index (χ1n) is 7.19. The van der Waals surface area contributed by atoms with Crippen LogP contribution in [-0.2, 0) is 11.0 Å². The molecule has 0 spiro atoms. The molecule has 2 aromatic rings. The van der Waals surface area contributed by atoms with E-state index in [2.05, 4.69) is 5.32 Å². The van der Waals surface area contributed by atoms with Gasteiger partial charge in [0, 0.05) is 12.1 Å². The molecular weight excluding hydrogens is 373 g/mol. The van der Waals surface area contributed by atoms with Gasteiger partial charge in [0.2, 0.25) is 5.91 Å². The lowest BCUT2D eigenvalue weighted by molar-refractivity contribution is -0.384. The first-order valence-corrected chi connectivity index (χ1v) is 7.56. The van der Waals surface area contributed by atoms with Gasteiger partial charge >= 0.3 is 6.18 Å². The number of nitrogens with one attached hydrogen (secondary N) is 1. The van der Waals surface area contributed by atoms with Crippen molar-refractivity contribution in [2.45, 2.75) is 13.1 Å². The van der Waals surface area contributed by atoms with Gasteiger partial charge in [0.05, 0.1) is 15.5 Å². The summed E-state index contributed by atoms with van der Waals surface area (Å²) >= 11 is 5.52. The molecule has 2 aromatic carbocycles. The van der Waals surface area contributed by atoms with Gasteiger partial charge in [0.15, 0.2) is 0 Å². The van der Waals surface area contributed by atoms with Crippen molar-refractivity contribution in [2.75, 3.05) is 5.32 Å². The number of alkyl halides is 3. The Hall–Kier alpha value is -2.87. The van der Waals surface area contributed by atoms with Crippen molar-refractivity contribution in [2.24, 2.45) is 0 Å². The van der Waals surface area contributed by atoms with Gasteiger partial charge in [-0.3, -0.25) is 14.9 Å². The Morgan fingerprint density at radius 1 is 1.23 bits per heavy atom. The largest absolute Gasteiger partial charge is 0.417 e. The number of nitro benzene ring substituents is 1. The molecule has 9 heteroatoms. The molecule has 0 saturated carbocycles. The van der Waals surface area contributed by atoms with E-state index in [-0.39, 0.29) is 16.9 Å². The number of anilines is 1. The number of hydrogen-bond acceptors (Lipinski definition) is 3. The lowest BCUT2D eigenvalue weighted by atomic mass is 10.1. The van der Waals surface area contributed by atoms with E-state index in [9.17, 15) is 28.1 Å². The highest BCUT2D eigenvalue weighted by atomic mass is 35.5. The number of hydrogen-bond donors (Lipinski definition) is 1. The highest BCUT2D eigenvalue weighted by Crippen LogP contribution is 2.35. The van der Waals surface area contributed by atoms with Crippen molar-refractivity contribution in [3.05, 3.63) is 74.3 Å². The van der Waals surface area contributed by atoms with Crippen LogP contribution >= 0.6 is 11.6 Å². The molecule has 2 rings (SSSR count). The van der Waals surface area contributed by atoms with Crippen LogP contribution in [0.3, 0.4) is 0 Å². The molecule has 0 heterocycles. The van der Waals surface area contributed by atoms with E-state index >= 15 is 0 Å². The number of rotatable bonds is 4. The molecule has 0 atom stereocenters. The fraction of sp³-hybridized carbons (Fsp3) is 0.118. The zero-order valence-corrected chi connectivity index (χ0v) is 14.1. The molecule has 0 aromatic heterocycles. The molecule has 26 heavy (non-hydrogen) atoms. The van der Waals surface area contributed by atoms with Crippen LogP contribution in [0.15, 0.2) is 42.5 Å². The average molecular weight is 385 g/mol. The Morgan fingerprint density at radius 2 is 1.92 bits per heavy atom. The molecule has 0 unspecified atom stereocenters.